The maximum absolute atomic E-state index is 13.0. The van der Waals surface area contributed by atoms with Gasteiger partial charge in [0.1, 0.15) is 10.7 Å². The molecule has 0 atom stereocenters. The number of nitrogens with zero attached hydrogens (tertiary/aromatic N) is 4. The highest BCUT2D eigenvalue weighted by Gasteiger charge is 2.18. The summed E-state index contributed by atoms with van der Waals surface area (Å²) < 4.78 is 1.89. The van der Waals surface area contributed by atoms with Gasteiger partial charge >= 0.3 is 0 Å². The number of para-hydroxylation sites is 1. The highest BCUT2D eigenvalue weighted by Crippen LogP contribution is 2.29. The van der Waals surface area contributed by atoms with Crippen molar-refractivity contribution in [2.45, 2.75) is 13.0 Å². The summed E-state index contributed by atoms with van der Waals surface area (Å²) in [5.41, 5.74) is 4.85. The van der Waals surface area contributed by atoms with Gasteiger partial charge in [-0.2, -0.15) is 16.4 Å². The van der Waals surface area contributed by atoms with Gasteiger partial charge < -0.3 is 4.90 Å². The summed E-state index contributed by atoms with van der Waals surface area (Å²) in [4.78, 5) is 20.5. The normalized spacial score (nSPS) is 11.0. The summed E-state index contributed by atoms with van der Waals surface area (Å²) in [5, 5.41) is 13.9. The van der Waals surface area contributed by atoms with E-state index in [1.165, 1.54) is 0 Å². The molecule has 0 aliphatic rings. The van der Waals surface area contributed by atoms with Crippen molar-refractivity contribution in [2.24, 2.45) is 0 Å². The van der Waals surface area contributed by atoms with E-state index in [9.17, 15) is 4.79 Å². The summed E-state index contributed by atoms with van der Waals surface area (Å²) in [7, 11) is 1.84. The molecule has 0 N–H and O–H groups in total. The zero-order valence-corrected chi connectivity index (χ0v) is 19.8. The van der Waals surface area contributed by atoms with Crippen LogP contribution in [0.25, 0.3) is 26.8 Å². The molecule has 8 heteroatoms. The van der Waals surface area contributed by atoms with Crippen LogP contribution in [0.3, 0.4) is 0 Å². The van der Waals surface area contributed by atoms with Gasteiger partial charge in [0.25, 0.3) is 0 Å². The van der Waals surface area contributed by atoms with E-state index < -0.39 is 0 Å². The summed E-state index contributed by atoms with van der Waals surface area (Å²) in [5.74, 6) is 0.0387. The van der Waals surface area contributed by atoms with E-state index in [2.05, 4.69) is 22.5 Å². The van der Waals surface area contributed by atoms with Crippen LogP contribution in [0.1, 0.15) is 11.3 Å². The van der Waals surface area contributed by atoms with Crippen molar-refractivity contribution in [3.05, 3.63) is 87.5 Å². The molecule has 5 rings (SSSR count). The zero-order chi connectivity index (χ0) is 21.9. The Balaban J connectivity index is 1.35. The first-order chi connectivity index (χ1) is 15.7. The molecule has 0 radical (unpaired) electrons. The molecule has 0 aliphatic carbocycles. The molecule has 0 aliphatic heterocycles. The van der Waals surface area contributed by atoms with E-state index in [0.717, 1.165) is 38.1 Å². The lowest BCUT2D eigenvalue weighted by Gasteiger charge is -2.16. The first-order valence-corrected chi connectivity index (χ1v) is 12.8. The van der Waals surface area contributed by atoms with Crippen molar-refractivity contribution in [1.29, 1.82) is 0 Å². The fourth-order valence-electron chi connectivity index (χ4n) is 3.40. The number of rotatable bonds is 7. The lowest BCUT2D eigenvalue weighted by molar-refractivity contribution is -0.129. The van der Waals surface area contributed by atoms with Crippen molar-refractivity contribution in [3.8, 4) is 26.8 Å². The van der Waals surface area contributed by atoms with Crippen molar-refractivity contribution in [3.63, 3.8) is 0 Å². The number of aromatic nitrogens is 3. The van der Waals surface area contributed by atoms with Crippen LogP contribution in [-0.2, 0) is 17.8 Å². The Labute approximate surface area is 198 Å². The van der Waals surface area contributed by atoms with Crippen LogP contribution in [0.15, 0.2) is 76.2 Å². The summed E-state index contributed by atoms with van der Waals surface area (Å²) in [6.45, 7) is 0.487. The van der Waals surface area contributed by atoms with Crippen LogP contribution in [0.2, 0.25) is 0 Å². The highest BCUT2D eigenvalue weighted by atomic mass is 32.1. The topological polar surface area (TPSA) is 51.0 Å². The molecular formula is C24H20N4OS3. The largest absolute Gasteiger partial charge is 0.341 e. The molecule has 160 valence electrons. The van der Waals surface area contributed by atoms with E-state index >= 15 is 0 Å². The SMILES string of the molecule is CN(Cc1cn(-c2ccccc2)nc1-c1cccs1)C(=O)Cc1csc(-c2ccsc2)n1. The number of amides is 1. The van der Waals surface area contributed by atoms with Gasteiger partial charge in [0.15, 0.2) is 0 Å². The van der Waals surface area contributed by atoms with E-state index in [1.54, 1.807) is 38.9 Å². The van der Waals surface area contributed by atoms with Gasteiger partial charge in [-0.3, -0.25) is 4.79 Å². The van der Waals surface area contributed by atoms with Gasteiger partial charge in [0.05, 0.1) is 22.7 Å². The first kappa shape index (κ1) is 20.8. The smallest absolute Gasteiger partial charge is 0.228 e. The number of carbonyl (C=O) groups excluding carboxylic acids is 1. The monoisotopic (exact) mass is 476 g/mol. The fourth-order valence-corrected chi connectivity index (χ4v) is 5.68. The second-order valence-electron chi connectivity index (χ2n) is 7.34. The molecule has 0 saturated heterocycles. The van der Waals surface area contributed by atoms with Gasteiger partial charge in [0, 0.05) is 41.7 Å². The number of benzene rings is 1. The molecule has 0 saturated carbocycles. The standard InChI is InChI=1S/C24H20N4OS3/c1-27(22(29)12-19-16-32-24(25-19)17-9-11-30-15-17)13-18-14-28(20-6-3-2-4-7-20)26-23(18)21-8-5-10-31-21/h2-11,14-16H,12-13H2,1H3. The Morgan fingerprint density at radius 2 is 1.91 bits per heavy atom. The third kappa shape index (κ3) is 4.43. The van der Waals surface area contributed by atoms with Gasteiger partial charge in [-0.25, -0.2) is 9.67 Å². The fraction of sp³-hybridized carbons (Fsp3) is 0.125. The molecule has 0 fully saturated rings. The molecular weight excluding hydrogens is 456 g/mol. The van der Waals surface area contributed by atoms with Crippen molar-refractivity contribution < 1.29 is 4.79 Å². The lowest BCUT2D eigenvalue weighted by Crippen LogP contribution is -2.27. The van der Waals surface area contributed by atoms with Gasteiger partial charge in [0.2, 0.25) is 5.91 Å². The number of likely N-dealkylation sites (N-methyl/N-ethyl adjacent to an activating group) is 1. The van der Waals surface area contributed by atoms with E-state index in [1.807, 2.05) is 70.5 Å². The van der Waals surface area contributed by atoms with Gasteiger partial charge in [-0.15, -0.1) is 22.7 Å². The number of thiophene rings is 2. The minimum atomic E-state index is 0.0387. The number of hydrogen-bond acceptors (Lipinski definition) is 6. The predicted octanol–water partition coefficient (Wildman–Crippen LogP) is 5.99. The number of carbonyl (C=O) groups is 1. The lowest BCUT2D eigenvalue weighted by atomic mass is 10.2. The van der Waals surface area contributed by atoms with Crippen LogP contribution in [-0.4, -0.2) is 32.6 Å². The Morgan fingerprint density at radius 1 is 1.03 bits per heavy atom. The molecule has 5 aromatic rings. The van der Waals surface area contributed by atoms with Crippen molar-refractivity contribution >= 4 is 39.9 Å². The Hall–Kier alpha value is -3.07. The second kappa shape index (κ2) is 9.20. The van der Waals surface area contributed by atoms with Crippen molar-refractivity contribution in [2.75, 3.05) is 7.05 Å². The average molecular weight is 477 g/mol. The second-order valence-corrected chi connectivity index (χ2v) is 9.93. The van der Waals surface area contributed by atoms with Crippen LogP contribution < -0.4 is 0 Å². The molecule has 1 aromatic carbocycles. The molecule has 4 heterocycles. The van der Waals surface area contributed by atoms with Gasteiger partial charge in [-0.05, 0) is 35.0 Å². The third-order valence-electron chi connectivity index (χ3n) is 5.05. The van der Waals surface area contributed by atoms with E-state index in [0.29, 0.717) is 6.54 Å². The molecule has 0 spiro atoms. The maximum Gasteiger partial charge on any atom is 0.228 e. The summed E-state index contributed by atoms with van der Waals surface area (Å²) in [6.07, 6.45) is 2.31. The number of thiazole rings is 1. The molecule has 1 amide bonds. The summed E-state index contributed by atoms with van der Waals surface area (Å²) in [6, 6.07) is 16.2. The van der Waals surface area contributed by atoms with Crippen molar-refractivity contribution in [1.82, 2.24) is 19.7 Å². The quantitative estimate of drug-likeness (QED) is 0.290. The minimum Gasteiger partial charge on any atom is -0.341 e. The minimum absolute atomic E-state index is 0.0387. The molecule has 5 nitrogen and oxygen atoms in total. The predicted molar refractivity (Wildman–Crippen MR) is 132 cm³/mol. The molecule has 32 heavy (non-hydrogen) atoms. The zero-order valence-electron chi connectivity index (χ0n) is 17.3. The summed E-state index contributed by atoms with van der Waals surface area (Å²) >= 11 is 4.88. The Morgan fingerprint density at radius 3 is 2.66 bits per heavy atom. The Kier molecular flexibility index (Phi) is 5.98. The van der Waals surface area contributed by atoms with Crippen LogP contribution >= 0.6 is 34.0 Å². The first-order valence-electron chi connectivity index (χ1n) is 10.1. The Bertz CT molecular complexity index is 1300. The van der Waals surface area contributed by atoms with Crippen LogP contribution in [0.5, 0.6) is 0 Å². The van der Waals surface area contributed by atoms with E-state index in [-0.39, 0.29) is 12.3 Å². The highest BCUT2D eigenvalue weighted by molar-refractivity contribution is 7.14. The van der Waals surface area contributed by atoms with Crippen LogP contribution in [0.4, 0.5) is 0 Å². The number of hydrogen-bond donors (Lipinski definition) is 0. The van der Waals surface area contributed by atoms with Crippen LogP contribution in [0, 0.1) is 0 Å². The van der Waals surface area contributed by atoms with E-state index in [4.69, 9.17) is 5.10 Å². The third-order valence-corrected chi connectivity index (χ3v) is 7.55. The molecule has 0 bridgehead atoms. The molecule has 4 aromatic heterocycles. The maximum atomic E-state index is 13.0. The molecule has 0 unspecified atom stereocenters. The van der Waals surface area contributed by atoms with Gasteiger partial charge in [-0.1, -0.05) is 24.3 Å². The average Bonchev–Trinajstić information content (AvgIpc) is 3.61.